The highest BCUT2D eigenvalue weighted by atomic mass is 32.1. The van der Waals surface area contributed by atoms with Gasteiger partial charge < -0.3 is 16.0 Å². The van der Waals surface area contributed by atoms with Crippen LogP contribution in [0, 0.1) is 0 Å². The van der Waals surface area contributed by atoms with Crippen molar-refractivity contribution in [1.29, 1.82) is 0 Å². The Morgan fingerprint density at radius 2 is 2.33 bits per heavy atom. The Labute approximate surface area is 90.3 Å². The molecule has 7 heteroatoms. The van der Waals surface area contributed by atoms with E-state index in [2.05, 4.69) is 15.0 Å². The molecule has 2 aromatic rings. The van der Waals surface area contributed by atoms with Crippen molar-refractivity contribution in [3.05, 3.63) is 17.9 Å². The van der Waals surface area contributed by atoms with Gasteiger partial charge in [-0.2, -0.15) is 4.99 Å². The summed E-state index contributed by atoms with van der Waals surface area (Å²) in [6.45, 7) is 0. The molecule has 15 heavy (non-hydrogen) atoms. The monoisotopic (exact) mass is 222 g/mol. The molecule has 0 aliphatic heterocycles. The molecule has 0 saturated heterocycles. The van der Waals surface area contributed by atoms with Crippen LogP contribution in [0.4, 0.5) is 5.13 Å². The first-order chi connectivity index (χ1) is 7.16. The molecule has 0 atom stereocenters. The third-order valence-corrected chi connectivity index (χ3v) is 2.53. The van der Waals surface area contributed by atoms with Gasteiger partial charge in [0.15, 0.2) is 5.96 Å². The number of thiazole rings is 1. The van der Waals surface area contributed by atoms with Gasteiger partial charge in [0.05, 0.1) is 18.2 Å². The molecule has 0 aliphatic rings. The first-order valence-corrected chi connectivity index (χ1v) is 5.06. The van der Waals surface area contributed by atoms with E-state index in [0.29, 0.717) is 5.13 Å². The van der Waals surface area contributed by atoms with Gasteiger partial charge in [0.1, 0.15) is 5.69 Å². The highest BCUT2D eigenvalue weighted by molar-refractivity contribution is 7.13. The number of hydrogen-bond donors (Lipinski definition) is 2. The normalized spacial score (nSPS) is 10.2. The van der Waals surface area contributed by atoms with Crippen molar-refractivity contribution >= 4 is 22.4 Å². The maximum absolute atomic E-state index is 5.26. The van der Waals surface area contributed by atoms with Crippen LogP contribution in [0.2, 0.25) is 0 Å². The first kappa shape index (κ1) is 9.66. The lowest BCUT2D eigenvalue weighted by molar-refractivity contribution is 0.918. The third-order valence-electron chi connectivity index (χ3n) is 1.80. The SMILES string of the molecule is Cn1cncc1-c1csc(N=C(N)N)n1. The lowest BCUT2D eigenvalue weighted by Gasteiger charge is -1.95. The standard InChI is InChI=1S/C8H10N6S/c1-14-4-11-2-6(14)5-3-15-8(12-5)13-7(9)10/h2-4H,1H3,(H4,9,10,12,13). The zero-order chi connectivity index (χ0) is 10.8. The first-order valence-electron chi connectivity index (χ1n) is 4.18. The van der Waals surface area contributed by atoms with E-state index in [4.69, 9.17) is 11.5 Å². The summed E-state index contributed by atoms with van der Waals surface area (Å²) in [5, 5.41) is 2.44. The van der Waals surface area contributed by atoms with E-state index >= 15 is 0 Å². The van der Waals surface area contributed by atoms with Crippen LogP contribution in [-0.4, -0.2) is 20.5 Å². The molecule has 6 nitrogen and oxygen atoms in total. The zero-order valence-electron chi connectivity index (χ0n) is 8.08. The number of aromatic nitrogens is 3. The molecule has 0 spiro atoms. The molecule has 0 bridgehead atoms. The summed E-state index contributed by atoms with van der Waals surface area (Å²) < 4.78 is 1.88. The van der Waals surface area contributed by atoms with Gasteiger partial charge in [-0.05, 0) is 0 Å². The quantitative estimate of drug-likeness (QED) is 0.569. The number of rotatable bonds is 2. The Kier molecular flexibility index (Phi) is 2.38. The molecule has 2 rings (SSSR count). The molecule has 78 valence electrons. The fourth-order valence-electron chi connectivity index (χ4n) is 1.15. The molecule has 0 radical (unpaired) electrons. The largest absolute Gasteiger partial charge is 0.370 e. The second-order valence-corrected chi connectivity index (χ2v) is 3.78. The Morgan fingerprint density at radius 1 is 1.53 bits per heavy atom. The van der Waals surface area contributed by atoms with Crippen LogP contribution >= 0.6 is 11.3 Å². The molecule has 0 fully saturated rings. The van der Waals surface area contributed by atoms with Gasteiger partial charge in [-0.15, -0.1) is 11.3 Å². The summed E-state index contributed by atoms with van der Waals surface area (Å²) >= 11 is 1.39. The highest BCUT2D eigenvalue weighted by Gasteiger charge is 2.06. The molecule has 0 saturated carbocycles. The molecule has 0 amide bonds. The van der Waals surface area contributed by atoms with E-state index < -0.39 is 0 Å². The van der Waals surface area contributed by atoms with Gasteiger partial charge in [-0.3, -0.25) is 0 Å². The molecule has 2 aromatic heterocycles. The Bertz CT molecular complexity index is 493. The molecule has 0 aliphatic carbocycles. The van der Waals surface area contributed by atoms with E-state index in [1.54, 1.807) is 12.5 Å². The summed E-state index contributed by atoms with van der Waals surface area (Å²) in [6, 6.07) is 0. The molecule has 0 aromatic carbocycles. The van der Waals surface area contributed by atoms with Crippen molar-refractivity contribution in [1.82, 2.24) is 14.5 Å². The number of imidazole rings is 1. The minimum Gasteiger partial charge on any atom is -0.370 e. The number of guanidine groups is 1. The average Bonchev–Trinajstić information content (AvgIpc) is 2.72. The van der Waals surface area contributed by atoms with Crippen molar-refractivity contribution in [3.8, 4) is 11.4 Å². The maximum atomic E-state index is 5.26. The van der Waals surface area contributed by atoms with E-state index in [1.807, 2.05) is 17.0 Å². The van der Waals surface area contributed by atoms with E-state index in [1.165, 1.54) is 11.3 Å². The number of nitrogens with zero attached hydrogens (tertiary/aromatic N) is 4. The van der Waals surface area contributed by atoms with Crippen molar-refractivity contribution in [2.24, 2.45) is 23.5 Å². The predicted octanol–water partition coefficient (Wildman–Crippen LogP) is 0.448. The Hall–Kier alpha value is -1.89. The lowest BCUT2D eigenvalue weighted by Crippen LogP contribution is -2.21. The van der Waals surface area contributed by atoms with Gasteiger partial charge >= 0.3 is 0 Å². The van der Waals surface area contributed by atoms with E-state index in [-0.39, 0.29) is 5.96 Å². The Morgan fingerprint density at radius 3 is 2.93 bits per heavy atom. The minimum absolute atomic E-state index is 0.0147. The maximum Gasteiger partial charge on any atom is 0.212 e. The summed E-state index contributed by atoms with van der Waals surface area (Å²) in [5.41, 5.74) is 12.3. The van der Waals surface area contributed by atoms with Crippen LogP contribution in [0.25, 0.3) is 11.4 Å². The lowest BCUT2D eigenvalue weighted by atomic mass is 10.4. The molecular formula is C8H10N6S. The van der Waals surface area contributed by atoms with Crippen LogP contribution in [0.5, 0.6) is 0 Å². The zero-order valence-corrected chi connectivity index (χ0v) is 8.90. The summed E-state index contributed by atoms with van der Waals surface area (Å²) in [6.07, 6.45) is 3.46. The molecule has 2 heterocycles. The van der Waals surface area contributed by atoms with Gasteiger partial charge in [0.2, 0.25) is 5.13 Å². The van der Waals surface area contributed by atoms with Crippen molar-refractivity contribution in [2.45, 2.75) is 0 Å². The van der Waals surface area contributed by atoms with Crippen molar-refractivity contribution in [2.75, 3.05) is 0 Å². The molecular weight excluding hydrogens is 212 g/mol. The fraction of sp³-hybridized carbons (Fsp3) is 0.125. The molecule has 0 unspecified atom stereocenters. The van der Waals surface area contributed by atoms with Gasteiger partial charge in [0, 0.05) is 12.4 Å². The van der Waals surface area contributed by atoms with Gasteiger partial charge in [-0.1, -0.05) is 0 Å². The van der Waals surface area contributed by atoms with Crippen LogP contribution in [0.3, 0.4) is 0 Å². The second kappa shape index (κ2) is 3.70. The smallest absolute Gasteiger partial charge is 0.212 e. The summed E-state index contributed by atoms with van der Waals surface area (Å²) in [7, 11) is 1.90. The average molecular weight is 222 g/mol. The van der Waals surface area contributed by atoms with Crippen LogP contribution < -0.4 is 11.5 Å². The number of aryl methyl sites for hydroxylation is 1. The van der Waals surface area contributed by atoms with Gasteiger partial charge in [-0.25, -0.2) is 9.97 Å². The van der Waals surface area contributed by atoms with E-state index in [9.17, 15) is 0 Å². The van der Waals surface area contributed by atoms with Crippen molar-refractivity contribution < 1.29 is 0 Å². The Balaban J connectivity index is 2.36. The topological polar surface area (TPSA) is 95.1 Å². The second-order valence-electron chi connectivity index (χ2n) is 2.94. The van der Waals surface area contributed by atoms with E-state index in [0.717, 1.165) is 11.4 Å². The predicted molar refractivity (Wildman–Crippen MR) is 59.8 cm³/mol. The van der Waals surface area contributed by atoms with Crippen LogP contribution in [0.15, 0.2) is 22.9 Å². The summed E-state index contributed by atoms with van der Waals surface area (Å²) in [4.78, 5) is 12.1. The molecule has 4 N–H and O–H groups in total. The van der Waals surface area contributed by atoms with Crippen LogP contribution in [-0.2, 0) is 7.05 Å². The van der Waals surface area contributed by atoms with Crippen molar-refractivity contribution in [3.63, 3.8) is 0 Å². The highest BCUT2D eigenvalue weighted by Crippen LogP contribution is 2.25. The number of aliphatic imine (C=N–C) groups is 1. The number of nitrogens with two attached hydrogens (primary N) is 2. The minimum atomic E-state index is 0.0147. The fourth-order valence-corrected chi connectivity index (χ4v) is 1.85. The summed E-state index contributed by atoms with van der Waals surface area (Å²) in [5.74, 6) is 0.0147. The number of hydrogen-bond acceptors (Lipinski definition) is 4. The van der Waals surface area contributed by atoms with Crippen LogP contribution in [0.1, 0.15) is 0 Å². The van der Waals surface area contributed by atoms with Gasteiger partial charge in [0.25, 0.3) is 0 Å². The third kappa shape index (κ3) is 1.96.